The first-order chi connectivity index (χ1) is 9.17. The van der Waals surface area contributed by atoms with E-state index in [1.807, 2.05) is 25.1 Å². The van der Waals surface area contributed by atoms with Gasteiger partial charge in [0.2, 0.25) is 0 Å². The number of benzene rings is 1. The number of imidazole rings is 1. The highest BCUT2D eigenvalue weighted by atomic mass is 35.5. The van der Waals surface area contributed by atoms with Crippen molar-refractivity contribution in [1.29, 1.82) is 0 Å². The highest BCUT2D eigenvalue weighted by Crippen LogP contribution is 2.24. The summed E-state index contributed by atoms with van der Waals surface area (Å²) >= 11 is 12.0. The third-order valence-electron chi connectivity index (χ3n) is 2.99. The number of aryl methyl sites for hydroxylation is 2. The quantitative estimate of drug-likeness (QED) is 0.766. The smallest absolute Gasteiger partial charge is 0.111 e. The Morgan fingerprint density at radius 2 is 2.21 bits per heavy atom. The van der Waals surface area contributed by atoms with Gasteiger partial charge in [0.15, 0.2) is 0 Å². The van der Waals surface area contributed by atoms with Gasteiger partial charge in [0.25, 0.3) is 0 Å². The standard InChI is InChI=1S/C13H16Cl2N2OS/c1-2-19(18)9-8-17-11-5-3-4-10(15)13(11)16-12(17)6-7-14/h3-5H,2,6-9H2,1H3. The van der Waals surface area contributed by atoms with Crippen LogP contribution < -0.4 is 0 Å². The molecular weight excluding hydrogens is 303 g/mol. The highest BCUT2D eigenvalue weighted by Gasteiger charge is 2.12. The van der Waals surface area contributed by atoms with Crippen LogP contribution in [0.5, 0.6) is 0 Å². The van der Waals surface area contributed by atoms with Crippen LogP contribution >= 0.6 is 23.2 Å². The molecule has 3 nitrogen and oxygen atoms in total. The molecule has 0 aliphatic carbocycles. The van der Waals surface area contributed by atoms with Crippen LogP contribution in [0.15, 0.2) is 18.2 Å². The molecule has 0 fully saturated rings. The van der Waals surface area contributed by atoms with Crippen molar-refractivity contribution < 1.29 is 4.21 Å². The highest BCUT2D eigenvalue weighted by molar-refractivity contribution is 7.84. The van der Waals surface area contributed by atoms with Gasteiger partial charge in [0.1, 0.15) is 11.3 Å². The molecule has 2 rings (SSSR count). The average Bonchev–Trinajstić information content (AvgIpc) is 2.76. The number of rotatable bonds is 6. The SMILES string of the molecule is CCS(=O)CCn1c(CCCl)nc2c(Cl)cccc21. The maximum absolute atomic E-state index is 11.6. The van der Waals surface area contributed by atoms with Crippen molar-refractivity contribution in [3.05, 3.63) is 29.0 Å². The van der Waals surface area contributed by atoms with Crippen molar-refractivity contribution >= 4 is 45.0 Å². The van der Waals surface area contributed by atoms with Crippen LogP contribution in [0.25, 0.3) is 11.0 Å². The Morgan fingerprint density at radius 1 is 1.42 bits per heavy atom. The molecule has 0 N–H and O–H groups in total. The Hall–Kier alpha value is -0.580. The summed E-state index contributed by atoms with van der Waals surface area (Å²) in [6, 6.07) is 5.72. The molecule has 0 aliphatic heterocycles. The minimum absolute atomic E-state index is 0.512. The summed E-state index contributed by atoms with van der Waals surface area (Å²) in [5, 5.41) is 0.642. The van der Waals surface area contributed by atoms with E-state index in [-0.39, 0.29) is 0 Å². The van der Waals surface area contributed by atoms with Gasteiger partial charge < -0.3 is 4.57 Å². The van der Waals surface area contributed by atoms with Gasteiger partial charge >= 0.3 is 0 Å². The third kappa shape index (κ3) is 3.30. The minimum Gasteiger partial charge on any atom is -0.327 e. The third-order valence-corrected chi connectivity index (χ3v) is 4.77. The molecule has 1 aromatic carbocycles. The summed E-state index contributed by atoms with van der Waals surface area (Å²) in [7, 11) is -0.787. The summed E-state index contributed by atoms with van der Waals surface area (Å²) in [5.74, 6) is 2.73. The first-order valence-corrected chi connectivity index (χ1v) is 8.62. The second-order valence-electron chi connectivity index (χ2n) is 4.16. The fraction of sp³-hybridized carbons (Fsp3) is 0.462. The fourth-order valence-corrected chi connectivity index (χ4v) is 3.08. The molecule has 1 unspecified atom stereocenters. The van der Waals surface area contributed by atoms with Crippen LogP contribution in [0.2, 0.25) is 5.02 Å². The van der Waals surface area contributed by atoms with E-state index in [9.17, 15) is 4.21 Å². The second kappa shape index (κ2) is 6.73. The summed E-state index contributed by atoms with van der Waals surface area (Å²) < 4.78 is 13.7. The number of fused-ring (bicyclic) bond motifs is 1. The lowest BCUT2D eigenvalue weighted by molar-refractivity contribution is 0.671. The lowest BCUT2D eigenvalue weighted by atomic mass is 10.3. The molecule has 0 aliphatic rings. The zero-order valence-corrected chi connectivity index (χ0v) is 13.1. The number of para-hydroxylation sites is 1. The Bertz CT molecular complexity index is 598. The molecule has 2 aromatic rings. The Morgan fingerprint density at radius 3 is 2.89 bits per heavy atom. The first-order valence-electron chi connectivity index (χ1n) is 6.22. The van der Waals surface area contributed by atoms with Crippen LogP contribution in [0.3, 0.4) is 0 Å². The normalized spacial score (nSPS) is 13.0. The zero-order chi connectivity index (χ0) is 13.8. The van der Waals surface area contributed by atoms with E-state index in [2.05, 4.69) is 9.55 Å². The van der Waals surface area contributed by atoms with E-state index in [0.717, 1.165) is 16.9 Å². The van der Waals surface area contributed by atoms with Crippen molar-refractivity contribution in [2.45, 2.75) is 19.9 Å². The molecule has 6 heteroatoms. The Labute approximate surface area is 125 Å². The molecule has 19 heavy (non-hydrogen) atoms. The zero-order valence-electron chi connectivity index (χ0n) is 10.7. The van der Waals surface area contributed by atoms with Gasteiger partial charge in [-0.15, -0.1) is 11.6 Å². The largest absolute Gasteiger partial charge is 0.327 e. The molecule has 0 saturated carbocycles. The monoisotopic (exact) mass is 318 g/mol. The Balaban J connectivity index is 2.40. The molecule has 0 saturated heterocycles. The van der Waals surface area contributed by atoms with Crippen molar-refractivity contribution in [2.24, 2.45) is 0 Å². The number of hydrogen-bond acceptors (Lipinski definition) is 2. The lowest BCUT2D eigenvalue weighted by Crippen LogP contribution is -2.12. The van der Waals surface area contributed by atoms with Crippen molar-refractivity contribution in [1.82, 2.24) is 9.55 Å². The number of alkyl halides is 1. The number of hydrogen-bond donors (Lipinski definition) is 0. The number of halogens is 2. The van der Waals surface area contributed by atoms with Crippen molar-refractivity contribution in [3.63, 3.8) is 0 Å². The van der Waals surface area contributed by atoms with Crippen molar-refractivity contribution in [3.8, 4) is 0 Å². The number of nitrogens with zero attached hydrogens (tertiary/aromatic N) is 2. The predicted molar refractivity (Wildman–Crippen MR) is 82.7 cm³/mol. The fourth-order valence-electron chi connectivity index (χ4n) is 2.02. The summed E-state index contributed by atoms with van der Waals surface area (Å²) in [5.41, 5.74) is 1.78. The van der Waals surface area contributed by atoms with Crippen LogP contribution in [0.1, 0.15) is 12.7 Å². The summed E-state index contributed by atoms with van der Waals surface area (Å²) in [4.78, 5) is 4.55. The molecule has 1 atom stereocenters. The lowest BCUT2D eigenvalue weighted by Gasteiger charge is -2.07. The molecule has 0 radical (unpaired) electrons. The van der Waals surface area contributed by atoms with E-state index in [0.29, 0.717) is 35.4 Å². The number of aromatic nitrogens is 2. The molecule has 0 bridgehead atoms. The Kier molecular flexibility index (Phi) is 5.25. The molecule has 104 valence electrons. The maximum atomic E-state index is 11.6. The van der Waals surface area contributed by atoms with E-state index < -0.39 is 10.8 Å². The van der Waals surface area contributed by atoms with E-state index in [4.69, 9.17) is 23.2 Å². The van der Waals surface area contributed by atoms with Crippen LogP contribution in [0.4, 0.5) is 0 Å². The van der Waals surface area contributed by atoms with Gasteiger partial charge in [-0.05, 0) is 12.1 Å². The van der Waals surface area contributed by atoms with E-state index in [1.165, 1.54) is 0 Å². The van der Waals surface area contributed by atoms with Crippen LogP contribution in [0, 0.1) is 0 Å². The molecule has 0 amide bonds. The van der Waals surface area contributed by atoms with Crippen LogP contribution in [-0.2, 0) is 23.8 Å². The molecule has 1 heterocycles. The van der Waals surface area contributed by atoms with Gasteiger partial charge in [0.05, 0.1) is 10.5 Å². The van der Waals surface area contributed by atoms with Gasteiger partial charge in [-0.1, -0.05) is 24.6 Å². The minimum atomic E-state index is -0.787. The van der Waals surface area contributed by atoms with E-state index in [1.54, 1.807) is 0 Å². The molecular formula is C13H16Cl2N2OS. The second-order valence-corrected chi connectivity index (χ2v) is 6.81. The van der Waals surface area contributed by atoms with Crippen molar-refractivity contribution in [2.75, 3.05) is 17.4 Å². The van der Waals surface area contributed by atoms with Gasteiger partial charge in [0, 0.05) is 41.2 Å². The van der Waals surface area contributed by atoms with Gasteiger partial charge in [-0.2, -0.15) is 0 Å². The molecule has 0 spiro atoms. The molecule has 1 aromatic heterocycles. The van der Waals surface area contributed by atoms with E-state index >= 15 is 0 Å². The maximum Gasteiger partial charge on any atom is 0.111 e. The summed E-state index contributed by atoms with van der Waals surface area (Å²) in [6.45, 7) is 2.61. The topological polar surface area (TPSA) is 34.9 Å². The van der Waals surface area contributed by atoms with Gasteiger partial charge in [-0.25, -0.2) is 4.98 Å². The summed E-state index contributed by atoms with van der Waals surface area (Å²) in [6.07, 6.45) is 0.686. The first kappa shape index (κ1) is 14.8. The van der Waals surface area contributed by atoms with Crippen LogP contribution in [-0.4, -0.2) is 31.1 Å². The predicted octanol–water partition coefficient (Wildman–Crippen LogP) is 3.24. The average molecular weight is 319 g/mol. The van der Waals surface area contributed by atoms with Gasteiger partial charge in [-0.3, -0.25) is 4.21 Å².